The Kier molecular flexibility index (Phi) is 5.01. The molecular formula is C20H29NO4S. The fourth-order valence-electron chi connectivity index (χ4n) is 5.00. The highest BCUT2D eigenvalue weighted by Crippen LogP contribution is 2.46. The van der Waals surface area contributed by atoms with Gasteiger partial charge in [0.05, 0.1) is 25.1 Å². The molecule has 144 valence electrons. The van der Waals surface area contributed by atoms with Crippen molar-refractivity contribution >= 4 is 10.0 Å². The number of rotatable bonds is 4. The van der Waals surface area contributed by atoms with Gasteiger partial charge in [-0.25, -0.2) is 12.7 Å². The summed E-state index contributed by atoms with van der Waals surface area (Å²) < 4.78 is 39.3. The molecule has 0 amide bonds. The smallest absolute Gasteiger partial charge is 0.214 e. The number of benzene rings is 1. The van der Waals surface area contributed by atoms with Gasteiger partial charge in [-0.15, -0.1) is 0 Å². The van der Waals surface area contributed by atoms with E-state index in [-0.39, 0.29) is 0 Å². The van der Waals surface area contributed by atoms with E-state index in [1.165, 1.54) is 18.4 Å². The van der Waals surface area contributed by atoms with Crippen molar-refractivity contribution in [2.24, 2.45) is 5.92 Å². The van der Waals surface area contributed by atoms with Gasteiger partial charge in [-0.1, -0.05) is 25.0 Å². The molecule has 0 aromatic heterocycles. The average molecular weight is 380 g/mol. The van der Waals surface area contributed by atoms with Crippen LogP contribution < -0.4 is 4.74 Å². The third kappa shape index (κ3) is 3.27. The van der Waals surface area contributed by atoms with E-state index in [9.17, 15) is 8.42 Å². The number of nitrogens with zero attached hydrogens (tertiary/aromatic N) is 1. The Balaban J connectivity index is 1.52. The summed E-state index contributed by atoms with van der Waals surface area (Å²) in [6, 6.07) is 6.15. The van der Waals surface area contributed by atoms with Crippen LogP contribution in [-0.2, 0) is 26.8 Å². The van der Waals surface area contributed by atoms with Gasteiger partial charge in [0.15, 0.2) is 0 Å². The molecule has 0 unspecified atom stereocenters. The molecule has 2 heterocycles. The number of methoxy groups -OCH3 is 1. The molecule has 0 atom stereocenters. The van der Waals surface area contributed by atoms with E-state index in [2.05, 4.69) is 6.07 Å². The summed E-state index contributed by atoms with van der Waals surface area (Å²) in [4.78, 5) is 0. The van der Waals surface area contributed by atoms with Crippen LogP contribution in [0.5, 0.6) is 5.75 Å². The highest BCUT2D eigenvalue weighted by molar-refractivity contribution is 7.89. The molecule has 0 N–H and O–H groups in total. The van der Waals surface area contributed by atoms with Gasteiger partial charge in [0.2, 0.25) is 10.0 Å². The first kappa shape index (κ1) is 18.3. The monoisotopic (exact) mass is 379 g/mol. The molecule has 4 rings (SSSR count). The quantitative estimate of drug-likeness (QED) is 0.807. The van der Waals surface area contributed by atoms with Gasteiger partial charge in [-0.2, -0.15) is 0 Å². The van der Waals surface area contributed by atoms with E-state index < -0.39 is 15.6 Å². The van der Waals surface area contributed by atoms with Crippen molar-refractivity contribution in [2.75, 3.05) is 32.6 Å². The van der Waals surface area contributed by atoms with E-state index in [0.717, 1.165) is 30.6 Å². The Morgan fingerprint density at radius 1 is 1.23 bits per heavy atom. The van der Waals surface area contributed by atoms with E-state index in [0.29, 0.717) is 44.2 Å². The van der Waals surface area contributed by atoms with Crippen LogP contribution >= 0.6 is 0 Å². The highest BCUT2D eigenvalue weighted by atomic mass is 32.2. The lowest BCUT2D eigenvalue weighted by molar-refractivity contribution is -0.0904. The number of ether oxygens (including phenoxy) is 2. The van der Waals surface area contributed by atoms with Crippen LogP contribution in [0.3, 0.4) is 0 Å². The predicted molar refractivity (Wildman–Crippen MR) is 101 cm³/mol. The summed E-state index contributed by atoms with van der Waals surface area (Å²) in [5.74, 6) is 1.54. The maximum Gasteiger partial charge on any atom is 0.214 e. The zero-order valence-electron chi connectivity index (χ0n) is 15.6. The summed E-state index contributed by atoms with van der Waals surface area (Å²) >= 11 is 0. The molecule has 3 aliphatic rings. The van der Waals surface area contributed by atoms with Crippen molar-refractivity contribution in [3.63, 3.8) is 0 Å². The van der Waals surface area contributed by atoms with Crippen LogP contribution in [0.4, 0.5) is 0 Å². The first-order valence-electron chi connectivity index (χ1n) is 9.82. The van der Waals surface area contributed by atoms with Crippen molar-refractivity contribution in [3.8, 4) is 5.75 Å². The summed E-state index contributed by atoms with van der Waals surface area (Å²) in [6.45, 7) is 1.76. The van der Waals surface area contributed by atoms with Crippen molar-refractivity contribution in [1.82, 2.24) is 4.31 Å². The number of sulfonamides is 1. The highest BCUT2D eigenvalue weighted by Gasteiger charge is 2.45. The Hall–Kier alpha value is -1.11. The third-order valence-electron chi connectivity index (χ3n) is 6.38. The maximum absolute atomic E-state index is 12.8. The second-order valence-electron chi connectivity index (χ2n) is 7.92. The Morgan fingerprint density at radius 2 is 1.96 bits per heavy atom. The number of hydrogen-bond donors (Lipinski definition) is 0. The van der Waals surface area contributed by atoms with Crippen molar-refractivity contribution < 1.29 is 17.9 Å². The van der Waals surface area contributed by atoms with Crippen LogP contribution in [0.15, 0.2) is 18.2 Å². The van der Waals surface area contributed by atoms with E-state index in [1.807, 2.05) is 12.1 Å². The molecule has 0 radical (unpaired) electrons. The van der Waals surface area contributed by atoms with Crippen LogP contribution in [0.1, 0.15) is 49.7 Å². The molecule has 1 aliphatic carbocycles. The fourth-order valence-corrected chi connectivity index (χ4v) is 6.88. The zero-order valence-corrected chi connectivity index (χ0v) is 16.4. The second kappa shape index (κ2) is 7.13. The Labute approximate surface area is 156 Å². The molecule has 1 aromatic rings. The number of piperidine rings is 1. The first-order valence-corrected chi connectivity index (χ1v) is 11.4. The van der Waals surface area contributed by atoms with Gasteiger partial charge in [0, 0.05) is 18.7 Å². The molecule has 1 saturated heterocycles. The zero-order chi connectivity index (χ0) is 18.2. The fraction of sp³-hybridized carbons (Fsp3) is 0.700. The SMILES string of the molecule is COc1cccc2c1C1(CCN(S(=O)(=O)CC3CCCC3)CC1)OCC2. The lowest BCUT2D eigenvalue weighted by Gasteiger charge is -2.45. The first-order chi connectivity index (χ1) is 12.5. The molecule has 5 nitrogen and oxygen atoms in total. The van der Waals surface area contributed by atoms with E-state index in [4.69, 9.17) is 9.47 Å². The van der Waals surface area contributed by atoms with E-state index in [1.54, 1.807) is 11.4 Å². The van der Waals surface area contributed by atoms with Crippen LogP contribution in [0.25, 0.3) is 0 Å². The Bertz CT molecular complexity index is 733. The largest absolute Gasteiger partial charge is 0.496 e. The van der Waals surface area contributed by atoms with Crippen molar-refractivity contribution in [3.05, 3.63) is 29.3 Å². The van der Waals surface area contributed by atoms with Crippen LogP contribution in [-0.4, -0.2) is 45.3 Å². The molecule has 0 bridgehead atoms. The third-order valence-corrected chi connectivity index (χ3v) is 8.43. The summed E-state index contributed by atoms with van der Waals surface area (Å²) in [5.41, 5.74) is 2.01. The van der Waals surface area contributed by atoms with Crippen molar-refractivity contribution in [2.45, 2.75) is 50.5 Å². The lowest BCUT2D eigenvalue weighted by atomic mass is 9.79. The predicted octanol–water partition coefficient (Wildman–Crippen LogP) is 3.08. The van der Waals surface area contributed by atoms with Gasteiger partial charge in [0.25, 0.3) is 0 Å². The van der Waals surface area contributed by atoms with Crippen LogP contribution in [0, 0.1) is 5.92 Å². The molecular weight excluding hydrogens is 350 g/mol. The minimum Gasteiger partial charge on any atom is -0.496 e. The summed E-state index contributed by atoms with van der Waals surface area (Å²) in [6.07, 6.45) is 6.75. The standard InChI is InChI=1S/C20H29NO4S/c1-24-18-8-4-7-17-9-14-25-20(19(17)18)10-12-21(13-11-20)26(22,23)15-16-5-2-3-6-16/h4,7-8,16H,2-3,5-6,9-15H2,1H3. The average Bonchev–Trinajstić information content (AvgIpc) is 3.14. The second-order valence-corrected chi connectivity index (χ2v) is 9.93. The molecule has 1 saturated carbocycles. The van der Waals surface area contributed by atoms with Gasteiger partial charge in [0.1, 0.15) is 5.75 Å². The lowest BCUT2D eigenvalue weighted by Crippen LogP contribution is -2.49. The van der Waals surface area contributed by atoms with E-state index >= 15 is 0 Å². The van der Waals surface area contributed by atoms with Gasteiger partial charge < -0.3 is 9.47 Å². The number of fused-ring (bicyclic) bond motifs is 2. The molecule has 6 heteroatoms. The van der Waals surface area contributed by atoms with Gasteiger partial charge >= 0.3 is 0 Å². The molecule has 2 fully saturated rings. The molecule has 1 aromatic carbocycles. The molecule has 1 spiro atoms. The van der Waals surface area contributed by atoms with Crippen molar-refractivity contribution in [1.29, 1.82) is 0 Å². The minimum absolute atomic E-state index is 0.320. The maximum atomic E-state index is 12.8. The summed E-state index contributed by atoms with van der Waals surface area (Å²) in [7, 11) is -1.48. The van der Waals surface area contributed by atoms with Gasteiger partial charge in [-0.3, -0.25) is 0 Å². The normalized spacial score (nSPS) is 23.9. The molecule has 2 aliphatic heterocycles. The van der Waals surface area contributed by atoms with Crippen LogP contribution in [0.2, 0.25) is 0 Å². The Morgan fingerprint density at radius 3 is 2.65 bits per heavy atom. The summed E-state index contributed by atoms with van der Waals surface area (Å²) in [5, 5.41) is 0. The molecule has 26 heavy (non-hydrogen) atoms. The van der Waals surface area contributed by atoms with Gasteiger partial charge in [-0.05, 0) is 49.7 Å². The number of hydrogen-bond acceptors (Lipinski definition) is 4. The minimum atomic E-state index is -3.17. The topological polar surface area (TPSA) is 55.8 Å².